The third-order valence-electron chi connectivity index (χ3n) is 3.15. The van der Waals surface area contributed by atoms with Gasteiger partial charge in [-0.05, 0) is 36.8 Å². The Balaban J connectivity index is 1.83. The number of aromatic nitrogens is 2. The van der Waals surface area contributed by atoms with Gasteiger partial charge in [0.15, 0.2) is 0 Å². The van der Waals surface area contributed by atoms with Crippen LogP contribution in [0.3, 0.4) is 0 Å². The van der Waals surface area contributed by atoms with E-state index in [1.54, 1.807) is 6.08 Å². The number of hydrogen-bond acceptors (Lipinski definition) is 2. The summed E-state index contributed by atoms with van der Waals surface area (Å²) in [7, 11) is 0. The molecule has 0 unspecified atom stereocenters. The number of aromatic amines is 2. The van der Waals surface area contributed by atoms with E-state index in [1.807, 2.05) is 36.5 Å². The minimum absolute atomic E-state index is 0.00255. The Morgan fingerprint density at radius 1 is 1.26 bits per heavy atom. The van der Waals surface area contributed by atoms with E-state index in [-0.39, 0.29) is 5.78 Å². The molecule has 0 saturated heterocycles. The fraction of sp³-hybridized carbons (Fsp3) is 0.133. The monoisotopic (exact) mass is 253 g/mol. The first-order valence-corrected chi connectivity index (χ1v) is 6.32. The molecule has 4 nitrogen and oxygen atoms in total. The number of nitrogens with one attached hydrogen (secondary N) is 3. The SMILES string of the molecule is CCc1ccc(/C=C2/NC(c3ccc[nH]3)=CC2=O)[nH]1. The van der Waals surface area contributed by atoms with E-state index < -0.39 is 0 Å². The smallest absolute Gasteiger partial charge is 0.204 e. The van der Waals surface area contributed by atoms with Crippen LogP contribution in [0.2, 0.25) is 0 Å². The van der Waals surface area contributed by atoms with Crippen molar-refractivity contribution in [2.45, 2.75) is 13.3 Å². The van der Waals surface area contributed by atoms with E-state index in [0.717, 1.165) is 29.2 Å². The lowest BCUT2D eigenvalue weighted by Crippen LogP contribution is -2.09. The number of rotatable bonds is 3. The van der Waals surface area contributed by atoms with Crippen LogP contribution >= 0.6 is 0 Å². The molecule has 0 aromatic carbocycles. The van der Waals surface area contributed by atoms with Gasteiger partial charge in [-0.1, -0.05) is 6.92 Å². The van der Waals surface area contributed by atoms with Crippen LogP contribution in [0.4, 0.5) is 0 Å². The summed E-state index contributed by atoms with van der Waals surface area (Å²) in [4.78, 5) is 18.3. The number of H-pyrrole nitrogens is 2. The summed E-state index contributed by atoms with van der Waals surface area (Å²) in [5.41, 5.74) is 4.42. The zero-order valence-corrected chi connectivity index (χ0v) is 10.7. The molecule has 4 heteroatoms. The largest absolute Gasteiger partial charge is 0.360 e. The van der Waals surface area contributed by atoms with Gasteiger partial charge in [0.1, 0.15) is 0 Å². The molecule has 3 heterocycles. The van der Waals surface area contributed by atoms with Crippen molar-refractivity contribution in [3.05, 3.63) is 59.3 Å². The predicted octanol–water partition coefficient (Wildman–Crippen LogP) is 2.46. The second kappa shape index (κ2) is 4.65. The molecule has 0 saturated carbocycles. The first-order valence-electron chi connectivity index (χ1n) is 6.32. The Morgan fingerprint density at radius 2 is 2.16 bits per heavy atom. The fourth-order valence-corrected chi connectivity index (χ4v) is 2.11. The van der Waals surface area contributed by atoms with Crippen LogP contribution in [0.15, 0.2) is 42.2 Å². The van der Waals surface area contributed by atoms with Gasteiger partial charge in [0, 0.05) is 23.7 Å². The summed E-state index contributed by atoms with van der Waals surface area (Å²) >= 11 is 0. The second-order valence-electron chi connectivity index (χ2n) is 4.48. The summed E-state index contributed by atoms with van der Waals surface area (Å²) in [5, 5.41) is 3.14. The molecule has 2 aromatic heterocycles. The van der Waals surface area contributed by atoms with Crippen LogP contribution in [0.5, 0.6) is 0 Å². The molecule has 0 atom stereocenters. The van der Waals surface area contributed by atoms with Gasteiger partial charge in [-0.25, -0.2) is 0 Å². The maximum absolute atomic E-state index is 11.9. The molecule has 0 bridgehead atoms. The Bertz CT molecular complexity index is 659. The van der Waals surface area contributed by atoms with Crippen molar-refractivity contribution >= 4 is 17.6 Å². The molecular weight excluding hydrogens is 238 g/mol. The van der Waals surface area contributed by atoms with Crippen molar-refractivity contribution < 1.29 is 4.79 Å². The number of ketones is 1. The van der Waals surface area contributed by atoms with E-state index in [2.05, 4.69) is 22.2 Å². The van der Waals surface area contributed by atoms with E-state index >= 15 is 0 Å². The van der Waals surface area contributed by atoms with E-state index in [9.17, 15) is 4.79 Å². The second-order valence-corrected chi connectivity index (χ2v) is 4.48. The average molecular weight is 253 g/mol. The summed E-state index contributed by atoms with van der Waals surface area (Å²) in [6.07, 6.45) is 6.24. The van der Waals surface area contributed by atoms with Crippen LogP contribution in [-0.2, 0) is 11.2 Å². The molecule has 96 valence electrons. The molecule has 0 spiro atoms. The Kier molecular flexibility index (Phi) is 2.83. The predicted molar refractivity (Wildman–Crippen MR) is 75.1 cm³/mol. The van der Waals surface area contributed by atoms with Gasteiger partial charge < -0.3 is 15.3 Å². The van der Waals surface area contributed by atoms with Crippen molar-refractivity contribution in [3.8, 4) is 0 Å². The van der Waals surface area contributed by atoms with Crippen LogP contribution in [0.25, 0.3) is 11.8 Å². The van der Waals surface area contributed by atoms with Gasteiger partial charge in [-0.3, -0.25) is 4.79 Å². The zero-order chi connectivity index (χ0) is 13.2. The normalized spacial score (nSPS) is 16.8. The van der Waals surface area contributed by atoms with Gasteiger partial charge >= 0.3 is 0 Å². The molecular formula is C15H15N3O. The number of allylic oxidation sites excluding steroid dienone is 1. The lowest BCUT2D eigenvalue weighted by molar-refractivity contribution is -0.111. The van der Waals surface area contributed by atoms with E-state index in [0.29, 0.717) is 5.70 Å². The van der Waals surface area contributed by atoms with Crippen molar-refractivity contribution in [1.82, 2.24) is 15.3 Å². The first-order chi connectivity index (χ1) is 9.26. The van der Waals surface area contributed by atoms with Gasteiger partial charge in [-0.15, -0.1) is 0 Å². The standard InChI is InChI=1S/C15H15N3O/c1-2-10-5-6-11(17-10)8-14-15(19)9-13(18-14)12-4-3-7-16-12/h3-9,16-18H,2H2,1H3/b14-8+. The van der Waals surface area contributed by atoms with Crippen LogP contribution < -0.4 is 5.32 Å². The Hall–Kier alpha value is -2.49. The number of carbonyl (C=O) groups excluding carboxylic acids is 1. The van der Waals surface area contributed by atoms with Crippen LogP contribution in [0, 0.1) is 0 Å². The lowest BCUT2D eigenvalue weighted by Gasteiger charge is -2.02. The maximum atomic E-state index is 11.9. The van der Waals surface area contributed by atoms with Crippen molar-refractivity contribution in [2.75, 3.05) is 0 Å². The highest BCUT2D eigenvalue weighted by Gasteiger charge is 2.19. The molecule has 3 N–H and O–H groups in total. The number of hydrogen-bond donors (Lipinski definition) is 3. The van der Waals surface area contributed by atoms with Crippen molar-refractivity contribution in [2.24, 2.45) is 0 Å². The quantitative estimate of drug-likeness (QED) is 0.736. The summed E-state index contributed by atoms with van der Waals surface area (Å²) in [5.74, 6) is -0.00255. The molecule has 2 aromatic rings. The zero-order valence-electron chi connectivity index (χ0n) is 10.7. The average Bonchev–Trinajstić information content (AvgIpc) is 3.12. The fourth-order valence-electron chi connectivity index (χ4n) is 2.11. The maximum Gasteiger partial charge on any atom is 0.204 e. The van der Waals surface area contributed by atoms with E-state index in [1.165, 1.54) is 0 Å². The molecule has 19 heavy (non-hydrogen) atoms. The van der Waals surface area contributed by atoms with Gasteiger partial charge in [0.2, 0.25) is 5.78 Å². The highest BCUT2D eigenvalue weighted by molar-refractivity contribution is 6.14. The molecule has 1 aliphatic heterocycles. The lowest BCUT2D eigenvalue weighted by atomic mass is 10.2. The first kappa shape index (κ1) is 11.6. The molecule has 0 fully saturated rings. The van der Waals surface area contributed by atoms with Gasteiger partial charge in [0.25, 0.3) is 0 Å². The third-order valence-corrected chi connectivity index (χ3v) is 3.15. The minimum atomic E-state index is -0.00255. The molecule has 3 rings (SSSR count). The molecule has 1 aliphatic rings. The summed E-state index contributed by atoms with van der Waals surface area (Å²) in [6, 6.07) is 7.85. The minimum Gasteiger partial charge on any atom is -0.360 e. The van der Waals surface area contributed by atoms with Gasteiger partial charge in [-0.2, -0.15) is 0 Å². The number of aryl methyl sites for hydroxylation is 1. The topological polar surface area (TPSA) is 60.7 Å². The molecule has 0 aliphatic carbocycles. The molecule has 0 radical (unpaired) electrons. The van der Waals surface area contributed by atoms with E-state index in [4.69, 9.17) is 0 Å². The Labute approximate surface area is 111 Å². The number of carbonyl (C=O) groups is 1. The summed E-state index contributed by atoms with van der Waals surface area (Å²) < 4.78 is 0. The van der Waals surface area contributed by atoms with Crippen LogP contribution in [0.1, 0.15) is 24.0 Å². The molecule has 0 amide bonds. The highest BCUT2D eigenvalue weighted by atomic mass is 16.1. The Morgan fingerprint density at radius 3 is 2.84 bits per heavy atom. The van der Waals surface area contributed by atoms with Crippen molar-refractivity contribution in [3.63, 3.8) is 0 Å². The highest BCUT2D eigenvalue weighted by Crippen LogP contribution is 2.19. The third kappa shape index (κ3) is 2.25. The van der Waals surface area contributed by atoms with Crippen LogP contribution in [-0.4, -0.2) is 15.8 Å². The van der Waals surface area contributed by atoms with Gasteiger partial charge in [0.05, 0.1) is 17.1 Å². The summed E-state index contributed by atoms with van der Waals surface area (Å²) in [6.45, 7) is 2.09. The van der Waals surface area contributed by atoms with Crippen molar-refractivity contribution in [1.29, 1.82) is 0 Å².